The Morgan fingerprint density at radius 3 is 3.00 bits per heavy atom. The molecule has 0 spiro atoms. The van der Waals surface area contributed by atoms with Crippen molar-refractivity contribution in [2.75, 3.05) is 0 Å². The lowest BCUT2D eigenvalue weighted by molar-refractivity contribution is 0.473. The van der Waals surface area contributed by atoms with E-state index in [9.17, 15) is 5.11 Å². The monoisotopic (exact) mass is 228 g/mol. The van der Waals surface area contributed by atoms with Gasteiger partial charge in [-0.2, -0.15) is 0 Å². The maximum atomic E-state index is 9.30. The molecule has 3 heteroatoms. The Hall–Kier alpha value is -0.540. The molecule has 0 bridgehead atoms. The van der Waals surface area contributed by atoms with E-state index < -0.39 is 0 Å². The van der Waals surface area contributed by atoms with Crippen LogP contribution >= 0.6 is 27.3 Å². The van der Waals surface area contributed by atoms with Gasteiger partial charge in [-0.25, -0.2) is 0 Å². The van der Waals surface area contributed by atoms with Crippen LogP contribution in [0, 0.1) is 0 Å². The van der Waals surface area contributed by atoms with Crippen LogP contribution in [0.5, 0.6) is 5.75 Å². The number of phenolic OH excluding ortho intramolecular Hbond substituents is 1. The molecule has 1 nitrogen and oxygen atoms in total. The summed E-state index contributed by atoms with van der Waals surface area (Å²) in [6, 6.07) is 5.72. The van der Waals surface area contributed by atoms with E-state index >= 15 is 0 Å². The van der Waals surface area contributed by atoms with Crippen LogP contribution in [-0.4, -0.2) is 5.11 Å². The lowest BCUT2D eigenvalue weighted by Crippen LogP contribution is -1.67. The normalized spacial score (nSPS) is 10.6. The minimum absolute atomic E-state index is 0.306. The van der Waals surface area contributed by atoms with Crippen molar-refractivity contribution in [3.63, 3.8) is 0 Å². The Bertz CT molecular complexity index is 358. The number of phenols is 1. The molecule has 0 saturated heterocycles. The molecule has 0 aliphatic rings. The lowest BCUT2D eigenvalue weighted by atomic mass is 10.2. The van der Waals surface area contributed by atoms with E-state index in [-0.39, 0.29) is 0 Å². The van der Waals surface area contributed by atoms with Gasteiger partial charge in [-0.1, -0.05) is 0 Å². The van der Waals surface area contributed by atoms with E-state index in [0.717, 1.165) is 9.17 Å². The van der Waals surface area contributed by atoms with Crippen molar-refractivity contribution >= 4 is 37.4 Å². The fraction of sp³-hybridized carbons (Fsp3) is 0. The van der Waals surface area contributed by atoms with E-state index in [4.69, 9.17) is 0 Å². The van der Waals surface area contributed by atoms with Crippen LogP contribution in [0.4, 0.5) is 0 Å². The molecule has 2 rings (SSSR count). The van der Waals surface area contributed by atoms with E-state index in [2.05, 4.69) is 15.9 Å². The molecular formula is C8H5BrOS. The van der Waals surface area contributed by atoms with Gasteiger partial charge in [-0.05, 0) is 44.9 Å². The van der Waals surface area contributed by atoms with Gasteiger partial charge in [-0.3, -0.25) is 0 Å². The summed E-state index contributed by atoms with van der Waals surface area (Å²) in [5, 5.41) is 12.5. The first-order valence-corrected chi connectivity index (χ1v) is 4.80. The third-order valence-electron chi connectivity index (χ3n) is 1.52. The zero-order valence-electron chi connectivity index (χ0n) is 5.54. The van der Waals surface area contributed by atoms with Crippen LogP contribution in [0.3, 0.4) is 0 Å². The molecule has 56 valence electrons. The van der Waals surface area contributed by atoms with Crippen molar-refractivity contribution in [1.82, 2.24) is 0 Å². The summed E-state index contributed by atoms with van der Waals surface area (Å²) < 4.78 is 1.87. The molecule has 0 unspecified atom stereocenters. The van der Waals surface area contributed by atoms with E-state index in [0.29, 0.717) is 5.75 Å². The summed E-state index contributed by atoms with van der Waals surface area (Å²) in [6.45, 7) is 0. The molecule has 0 aliphatic carbocycles. The van der Waals surface area contributed by atoms with E-state index in [1.54, 1.807) is 17.4 Å². The van der Waals surface area contributed by atoms with Gasteiger partial charge in [-0.15, -0.1) is 11.3 Å². The van der Waals surface area contributed by atoms with Gasteiger partial charge in [0.1, 0.15) is 5.75 Å². The summed E-state index contributed by atoms with van der Waals surface area (Å²) >= 11 is 4.88. The van der Waals surface area contributed by atoms with Crippen LogP contribution in [0.1, 0.15) is 0 Å². The standard InChI is InChI=1S/C8H5BrOS/c9-6-3-5-1-2-11-8(5)4-7(6)10/h1-4,10H. The van der Waals surface area contributed by atoms with Crippen LogP contribution in [0.2, 0.25) is 0 Å². The van der Waals surface area contributed by atoms with Gasteiger partial charge in [0.15, 0.2) is 0 Å². The van der Waals surface area contributed by atoms with Crippen molar-refractivity contribution in [2.24, 2.45) is 0 Å². The third kappa shape index (κ3) is 1.14. The number of aromatic hydroxyl groups is 1. The fourth-order valence-electron chi connectivity index (χ4n) is 0.971. The summed E-state index contributed by atoms with van der Waals surface area (Å²) in [7, 11) is 0. The van der Waals surface area contributed by atoms with Gasteiger partial charge in [0.05, 0.1) is 4.47 Å². The predicted octanol–water partition coefficient (Wildman–Crippen LogP) is 3.37. The van der Waals surface area contributed by atoms with Crippen molar-refractivity contribution in [3.8, 4) is 5.75 Å². The number of benzene rings is 1. The summed E-state index contributed by atoms with van der Waals surface area (Å²) in [5.74, 6) is 0.306. The minimum atomic E-state index is 0.306. The van der Waals surface area contributed by atoms with Crippen LogP contribution in [0.25, 0.3) is 10.1 Å². The molecule has 11 heavy (non-hydrogen) atoms. The number of halogens is 1. The number of hydrogen-bond donors (Lipinski definition) is 1. The third-order valence-corrected chi connectivity index (χ3v) is 3.04. The molecule has 1 aromatic heterocycles. The van der Waals surface area contributed by atoms with Crippen LogP contribution in [0.15, 0.2) is 28.1 Å². The maximum Gasteiger partial charge on any atom is 0.131 e. The molecular weight excluding hydrogens is 224 g/mol. The van der Waals surface area contributed by atoms with Crippen molar-refractivity contribution in [2.45, 2.75) is 0 Å². The maximum absolute atomic E-state index is 9.30. The molecule has 0 atom stereocenters. The van der Waals surface area contributed by atoms with E-state index in [1.807, 2.05) is 17.5 Å². The Labute approximate surface area is 76.4 Å². The molecule has 1 aromatic carbocycles. The number of thiophene rings is 1. The zero-order valence-corrected chi connectivity index (χ0v) is 7.95. The first-order valence-electron chi connectivity index (χ1n) is 3.13. The van der Waals surface area contributed by atoms with Crippen molar-refractivity contribution in [1.29, 1.82) is 0 Å². The van der Waals surface area contributed by atoms with E-state index in [1.165, 1.54) is 5.39 Å². The average molecular weight is 229 g/mol. The average Bonchev–Trinajstić information content (AvgIpc) is 2.36. The van der Waals surface area contributed by atoms with Crippen LogP contribution in [-0.2, 0) is 0 Å². The quantitative estimate of drug-likeness (QED) is 0.734. The van der Waals surface area contributed by atoms with Gasteiger partial charge < -0.3 is 5.11 Å². The zero-order chi connectivity index (χ0) is 7.84. The second-order valence-corrected chi connectivity index (χ2v) is 4.06. The highest BCUT2D eigenvalue weighted by Crippen LogP contribution is 2.31. The SMILES string of the molecule is Oc1cc2sccc2cc1Br. The smallest absolute Gasteiger partial charge is 0.131 e. The van der Waals surface area contributed by atoms with Crippen molar-refractivity contribution in [3.05, 3.63) is 28.1 Å². The lowest BCUT2D eigenvalue weighted by Gasteiger charge is -1.95. The molecule has 0 fully saturated rings. The molecule has 2 aromatic rings. The second-order valence-electron chi connectivity index (χ2n) is 2.26. The topological polar surface area (TPSA) is 20.2 Å². The Morgan fingerprint density at radius 2 is 2.18 bits per heavy atom. The molecule has 0 saturated carbocycles. The van der Waals surface area contributed by atoms with Gasteiger partial charge >= 0.3 is 0 Å². The molecule has 0 aliphatic heterocycles. The summed E-state index contributed by atoms with van der Waals surface area (Å²) in [4.78, 5) is 0. The number of fused-ring (bicyclic) bond motifs is 1. The summed E-state index contributed by atoms with van der Waals surface area (Å²) in [6.07, 6.45) is 0. The first-order chi connectivity index (χ1) is 5.27. The fourth-order valence-corrected chi connectivity index (χ4v) is 2.14. The first kappa shape index (κ1) is 7.13. The van der Waals surface area contributed by atoms with Gasteiger partial charge in [0, 0.05) is 4.70 Å². The Morgan fingerprint density at radius 1 is 1.36 bits per heavy atom. The highest BCUT2D eigenvalue weighted by Gasteiger charge is 2.00. The highest BCUT2D eigenvalue weighted by molar-refractivity contribution is 9.10. The molecule has 0 amide bonds. The molecule has 1 N–H and O–H groups in total. The Balaban J connectivity index is 2.86. The minimum Gasteiger partial charge on any atom is -0.507 e. The van der Waals surface area contributed by atoms with Gasteiger partial charge in [0.25, 0.3) is 0 Å². The van der Waals surface area contributed by atoms with Crippen LogP contribution < -0.4 is 0 Å². The number of rotatable bonds is 0. The largest absolute Gasteiger partial charge is 0.507 e. The molecule has 1 heterocycles. The van der Waals surface area contributed by atoms with Crippen molar-refractivity contribution < 1.29 is 5.11 Å². The second kappa shape index (κ2) is 2.50. The Kier molecular flexibility index (Phi) is 1.62. The summed E-state index contributed by atoms with van der Waals surface area (Å²) in [5.41, 5.74) is 0. The predicted molar refractivity (Wildman–Crippen MR) is 51.2 cm³/mol. The highest BCUT2D eigenvalue weighted by atomic mass is 79.9. The molecule has 0 radical (unpaired) electrons. The van der Waals surface area contributed by atoms with Gasteiger partial charge in [0.2, 0.25) is 0 Å². The number of hydrogen-bond acceptors (Lipinski definition) is 2.